The van der Waals surface area contributed by atoms with Gasteiger partial charge in [0.2, 0.25) is 5.13 Å². The van der Waals surface area contributed by atoms with Gasteiger partial charge in [0.25, 0.3) is 0 Å². The van der Waals surface area contributed by atoms with E-state index in [2.05, 4.69) is 15.5 Å². The standard InChI is InChI=1S/C23H19N3OS/c1-3-9-18(10-4-1)16-27-22-14-8-7-13-20(22)15-24-26-23-25-21(17-28-23)19-11-5-2-6-12-19/h1-15,17H,16H2,(H,25,26)/b24-15+. The fourth-order valence-corrected chi connectivity index (χ4v) is 3.35. The van der Waals surface area contributed by atoms with Crippen molar-refractivity contribution in [3.8, 4) is 17.0 Å². The van der Waals surface area contributed by atoms with Gasteiger partial charge >= 0.3 is 0 Å². The van der Waals surface area contributed by atoms with Crippen molar-refractivity contribution in [2.75, 3.05) is 5.43 Å². The van der Waals surface area contributed by atoms with Gasteiger partial charge in [-0.15, -0.1) is 11.3 Å². The second-order valence-electron chi connectivity index (χ2n) is 6.09. The Labute approximate surface area is 168 Å². The molecule has 0 saturated carbocycles. The van der Waals surface area contributed by atoms with E-state index in [1.165, 1.54) is 11.3 Å². The molecule has 4 rings (SSSR count). The number of aromatic nitrogens is 1. The summed E-state index contributed by atoms with van der Waals surface area (Å²) < 4.78 is 5.96. The van der Waals surface area contributed by atoms with Crippen molar-refractivity contribution in [2.45, 2.75) is 6.61 Å². The average molecular weight is 385 g/mol. The van der Waals surface area contributed by atoms with Gasteiger partial charge in [0.1, 0.15) is 12.4 Å². The third-order valence-corrected chi connectivity index (χ3v) is 4.84. The molecule has 0 saturated heterocycles. The van der Waals surface area contributed by atoms with E-state index in [-0.39, 0.29) is 0 Å². The number of benzene rings is 3. The average Bonchev–Trinajstić information content (AvgIpc) is 3.23. The fraction of sp³-hybridized carbons (Fsp3) is 0.0435. The first-order valence-corrected chi connectivity index (χ1v) is 9.82. The number of rotatable bonds is 7. The number of anilines is 1. The topological polar surface area (TPSA) is 46.5 Å². The molecular weight excluding hydrogens is 366 g/mol. The van der Waals surface area contributed by atoms with E-state index in [1.807, 2.05) is 90.3 Å². The van der Waals surface area contributed by atoms with Gasteiger partial charge in [0.05, 0.1) is 11.9 Å². The van der Waals surface area contributed by atoms with Crippen LogP contribution in [0.4, 0.5) is 5.13 Å². The predicted octanol–water partition coefficient (Wildman–Crippen LogP) is 5.84. The molecule has 0 aliphatic rings. The molecule has 4 aromatic rings. The molecule has 138 valence electrons. The Kier molecular flexibility index (Phi) is 5.75. The van der Waals surface area contributed by atoms with Crippen LogP contribution in [0.25, 0.3) is 11.3 Å². The predicted molar refractivity (Wildman–Crippen MR) is 116 cm³/mol. The summed E-state index contributed by atoms with van der Waals surface area (Å²) in [6.07, 6.45) is 1.75. The quantitative estimate of drug-likeness (QED) is 0.321. The second kappa shape index (κ2) is 8.97. The molecular formula is C23H19N3OS. The zero-order valence-electron chi connectivity index (χ0n) is 15.2. The summed E-state index contributed by atoms with van der Waals surface area (Å²) in [5.74, 6) is 0.793. The monoisotopic (exact) mass is 385 g/mol. The maximum Gasteiger partial charge on any atom is 0.203 e. The third kappa shape index (κ3) is 4.64. The van der Waals surface area contributed by atoms with E-state index < -0.39 is 0 Å². The molecule has 0 bridgehead atoms. The van der Waals surface area contributed by atoms with Crippen LogP contribution in [-0.2, 0) is 6.61 Å². The summed E-state index contributed by atoms with van der Waals surface area (Å²) >= 11 is 1.52. The van der Waals surface area contributed by atoms with Crippen LogP contribution in [0.15, 0.2) is 95.4 Å². The van der Waals surface area contributed by atoms with Crippen LogP contribution in [0.5, 0.6) is 5.75 Å². The van der Waals surface area contributed by atoms with Crippen LogP contribution in [0.2, 0.25) is 0 Å². The normalized spacial score (nSPS) is 10.9. The molecule has 0 aliphatic heterocycles. The first-order valence-electron chi connectivity index (χ1n) is 8.94. The number of hydrogen-bond acceptors (Lipinski definition) is 5. The van der Waals surface area contributed by atoms with Crippen LogP contribution in [0.1, 0.15) is 11.1 Å². The molecule has 28 heavy (non-hydrogen) atoms. The lowest BCUT2D eigenvalue weighted by Crippen LogP contribution is -1.99. The van der Waals surface area contributed by atoms with Crippen LogP contribution in [0, 0.1) is 0 Å². The van der Waals surface area contributed by atoms with Crippen LogP contribution >= 0.6 is 11.3 Å². The highest BCUT2D eigenvalue weighted by Gasteiger charge is 2.04. The molecule has 0 fully saturated rings. The maximum absolute atomic E-state index is 5.96. The molecule has 5 heteroatoms. The molecule has 1 aromatic heterocycles. The first kappa shape index (κ1) is 17.9. The van der Waals surface area contributed by atoms with Crippen molar-refractivity contribution in [3.63, 3.8) is 0 Å². The number of hydrazone groups is 1. The molecule has 0 spiro atoms. The smallest absolute Gasteiger partial charge is 0.203 e. The maximum atomic E-state index is 5.96. The van der Waals surface area contributed by atoms with Gasteiger partial charge < -0.3 is 4.74 Å². The lowest BCUT2D eigenvalue weighted by atomic mass is 10.2. The van der Waals surface area contributed by atoms with Gasteiger partial charge in [-0.3, -0.25) is 5.43 Å². The molecule has 1 N–H and O–H groups in total. The molecule has 0 amide bonds. The number of para-hydroxylation sites is 1. The van der Waals surface area contributed by atoms with Crippen molar-refractivity contribution < 1.29 is 4.74 Å². The summed E-state index contributed by atoms with van der Waals surface area (Å²) in [5.41, 5.74) is 7.07. The van der Waals surface area contributed by atoms with Gasteiger partial charge in [-0.25, -0.2) is 4.98 Å². The Morgan fingerprint density at radius 2 is 1.61 bits per heavy atom. The van der Waals surface area contributed by atoms with Crippen LogP contribution < -0.4 is 10.2 Å². The SMILES string of the molecule is C(=N\Nc1nc(-c2ccccc2)cs1)/c1ccccc1OCc1ccccc1. The van der Waals surface area contributed by atoms with Crippen molar-refractivity contribution in [3.05, 3.63) is 101 Å². The molecule has 0 radical (unpaired) electrons. The van der Waals surface area contributed by atoms with Crippen LogP contribution in [0.3, 0.4) is 0 Å². The van der Waals surface area contributed by atoms with Crippen LogP contribution in [-0.4, -0.2) is 11.2 Å². The van der Waals surface area contributed by atoms with E-state index in [0.717, 1.165) is 33.3 Å². The molecule has 4 nitrogen and oxygen atoms in total. The Morgan fingerprint density at radius 1 is 0.893 bits per heavy atom. The fourth-order valence-electron chi connectivity index (χ4n) is 2.68. The van der Waals surface area contributed by atoms with Crippen molar-refractivity contribution in [2.24, 2.45) is 5.10 Å². The highest BCUT2D eigenvalue weighted by Crippen LogP contribution is 2.24. The molecule has 0 aliphatic carbocycles. The van der Waals surface area contributed by atoms with E-state index in [1.54, 1.807) is 6.21 Å². The Morgan fingerprint density at radius 3 is 2.43 bits per heavy atom. The zero-order valence-corrected chi connectivity index (χ0v) is 16.0. The number of nitrogens with one attached hydrogen (secondary N) is 1. The van der Waals surface area contributed by atoms with E-state index in [9.17, 15) is 0 Å². The summed E-state index contributed by atoms with van der Waals surface area (Å²) in [6.45, 7) is 0.520. The van der Waals surface area contributed by atoms with E-state index >= 15 is 0 Å². The Bertz CT molecular complexity index is 1050. The highest BCUT2D eigenvalue weighted by molar-refractivity contribution is 7.14. The van der Waals surface area contributed by atoms with Gasteiger partial charge in [0.15, 0.2) is 0 Å². The zero-order chi connectivity index (χ0) is 19.0. The highest BCUT2D eigenvalue weighted by atomic mass is 32.1. The van der Waals surface area contributed by atoms with Crippen molar-refractivity contribution in [1.29, 1.82) is 0 Å². The minimum absolute atomic E-state index is 0.520. The largest absolute Gasteiger partial charge is 0.488 e. The first-order chi connectivity index (χ1) is 13.9. The number of nitrogens with zero attached hydrogens (tertiary/aromatic N) is 2. The summed E-state index contributed by atoms with van der Waals surface area (Å²) in [5, 5.41) is 7.09. The molecule has 1 heterocycles. The van der Waals surface area contributed by atoms with Crippen molar-refractivity contribution >= 4 is 22.7 Å². The lowest BCUT2D eigenvalue weighted by molar-refractivity contribution is 0.306. The lowest BCUT2D eigenvalue weighted by Gasteiger charge is -2.08. The third-order valence-electron chi connectivity index (χ3n) is 4.09. The second-order valence-corrected chi connectivity index (χ2v) is 6.94. The summed E-state index contributed by atoms with van der Waals surface area (Å²) in [7, 11) is 0. The van der Waals surface area contributed by atoms with Gasteiger partial charge in [-0.1, -0.05) is 72.8 Å². The van der Waals surface area contributed by atoms with Gasteiger partial charge in [-0.2, -0.15) is 5.10 Å². The van der Waals surface area contributed by atoms with E-state index in [0.29, 0.717) is 6.61 Å². The Hall–Kier alpha value is -3.44. The van der Waals surface area contributed by atoms with Crippen molar-refractivity contribution in [1.82, 2.24) is 4.98 Å². The van der Waals surface area contributed by atoms with Gasteiger partial charge in [-0.05, 0) is 17.7 Å². The number of hydrogen-bond donors (Lipinski definition) is 1. The molecule has 0 atom stereocenters. The minimum atomic E-state index is 0.520. The summed E-state index contributed by atoms with van der Waals surface area (Å²) in [6, 6.07) is 28.0. The summed E-state index contributed by atoms with van der Waals surface area (Å²) in [4.78, 5) is 4.57. The van der Waals surface area contributed by atoms with Gasteiger partial charge in [0, 0.05) is 16.5 Å². The molecule has 0 unspecified atom stereocenters. The van der Waals surface area contributed by atoms with E-state index in [4.69, 9.17) is 4.74 Å². The number of ether oxygens (including phenoxy) is 1. The number of thiazole rings is 1. The Balaban J connectivity index is 1.40. The molecule has 3 aromatic carbocycles. The minimum Gasteiger partial charge on any atom is -0.488 e.